The highest BCUT2D eigenvalue weighted by Gasteiger charge is 2.18. The van der Waals surface area contributed by atoms with Gasteiger partial charge in [-0.15, -0.1) is 11.3 Å². The quantitative estimate of drug-likeness (QED) is 0.501. The van der Waals surface area contributed by atoms with Gasteiger partial charge in [-0.2, -0.15) is 5.10 Å². The summed E-state index contributed by atoms with van der Waals surface area (Å²) in [5.74, 6) is -0.519. The molecule has 0 spiro atoms. The maximum atomic E-state index is 13.1. The summed E-state index contributed by atoms with van der Waals surface area (Å²) in [6.45, 7) is 0.428. The van der Waals surface area contributed by atoms with E-state index in [1.807, 2.05) is 0 Å². The Morgan fingerprint density at radius 3 is 2.93 bits per heavy atom. The molecule has 0 aliphatic carbocycles. The zero-order valence-electron chi connectivity index (χ0n) is 14.9. The molecule has 146 valence electrons. The van der Waals surface area contributed by atoms with Gasteiger partial charge in [-0.05, 0) is 17.7 Å². The average molecular weight is 403 g/mol. The lowest BCUT2D eigenvalue weighted by molar-refractivity contribution is 0.0784. The number of carbonyl (C=O) groups excluding carboxylic acids is 2. The molecule has 9 nitrogen and oxygen atoms in total. The first-order chi connectivity index (χ1) is 13.4. The fraction of sp³-hybridized carbons (Fsp3) is 0.176. The minimum Gasteiger partial charge on any atom is -0.382 e. The van der Waals surface area contributed by atoms with Crippen molar-refractivity contribution in [3.63, 3.8) is 0 Å². The van der Waals surface area contributed by atoms with Crippen molar-refractivity contribution in [2.75, 3.05) is 18.1 Å². The van der Waals surface area contributed by atoms with Crippen molar-refractivity contribution in [1.82, 2.24) is 25.4 Å². The van der Waals surface area contributed by atoms with Crippen LogP contribution in [0.15, 0.2) is 35.8 Å². The number of nitrogen functional groups attached to an aromatic ring is 1. The number of aromatic amines is 1. The number of halogens is 1. The molecule has 1 aromatic carbocycles. The predicted octanol–water partition coefficient (Wildman–Crippen LogP) is 2.18. The molecule has 0 aliphatic heterocycles. The molecule has 0 saturated carbocycles. The highest BCUT2D eigenvalue weighted by atomic mass is 32.1. The van der Waals surface area contributed by atoms with Crippen molar-refractivity contribution >= 4 is 34.2 Å². The van der Waals surface area contributed by atoms with Gasteiger partial charge in [-0.1, -0.05) is 12.1 Å². The minimum atomic E-state index is -0.458. The van der Waals surface area contributed by atoms with Gasteiger partial charge in [-0.25, -0.2) is 14.2 Å². The third-order valence-electron chi connectivity index (χ3n) is 3.76. The molecule has 0 atom stereocenters. The fourth-order valence-electron chi connectivity index (χ4n) is 2.40. The number of nitrogens with zero attached hydrogens (tertiary/aromatic N) is 3. The second-order valence-electron chi connectivity index (χ2n) is 5.93. The Hall–Kier alpha value is -3.47. The van der Waals surface area contributed by atoms with Crippen LogP contribution in [0.25, 0.3) is 0 Å². The van der Waals surface area contributed by atoms with E-state index in [0.29, 0.717) is 16.4 Å². The van der Waals surface area contributed by atoms with Crippen LogP contribution in [0, 0.1) is 5.82 Å². The number of urea groups is 1. The largest absolute Gasteiger partial charge is 0.382 e. The number of hydrogen-bond donors (Lipinski definition) is 4. The van der Waals surface area contributed by atoms with Crippen molar-refractivity contribution < 1.29 is 14.0 Å². The van der Waals surface area contributed by atoms with E-state index in [0.717, 1.165) is 0 Å². The number of thiazole rings is 1. The number of rotatable bonds is 6. The Bertz CT molecular complexity index is 987. The van der Waals surface area contributed by atoms with Crippen LogP contribution in [0.4, 0.5) is 20.1 Å². The SMILES string of the molecule is CN(Cc1csc(NC(=O)NCc2cccc(F)c2)n1)C(=O)c1c[nH]nc1N. The lowest BCUT2D eigenvalue weighted by atomic mass is 10.2. The Labute approximate surface area is 163 Å². The van der Waals surface area contributed by atoms with Crippen molar-refractivity contribution in [3.05, 3.63) is 58.5 Å². The maximum Gasteiger partial charge on any atom is 0.321 e. The first-order valence-corrected chi connectivity index (χ1v) is 9.08. The van der Waals surface area contributed by atoms with E-state index >= 15 is 0 Å². The summed E-state index contributed by atoms with van der Waals surface area (Å²) in [6, 6.07) is 5.52. The van der Waals surface area contributed by atoms with Gasteiger partial charge in [0.1, 0.15) is 11.4 Å². The zero-order chi connectivity index (χ0) is 20.1. The molecular weight excluding hydrogens is 385 g/mol. The van der Waals surface area contributed by atoms with Crippen molar-refractivity contribution in [3.8, 4) is 0 Å². The topological polar surface area (TPSA) is 129 Å². The molecule has 28 heavy (non-hydrogen) atoms. The molecule has 3 aromatic rings. The van der Waals surface area contributed by atoms with E-state index in [1.54, 1.807) is 24.6 Å². The number of nitrogens with one attached hydrogen (secondary N) is 3. The van der Waals surface area contributed by atoms with Crippen LogP contribution in [0.3, 0.4) is 0 Å². The molecule has 3 amide bonds. The second-order valence-corrected chi connectivity index (χ2v) is 6.79. The normalized spacial score (nSPS) is 10.5. The van der Waals surface area contributed by atoms with Crippen LogP contribution >= 0.6 is 11.3 Å². The van der Waals surface area contributed by atoms with Crippen molar-refractivity contribution in [2.24, 2.45) is 0 Å². The van der Waals surface area contributed by atoms with Crippen LogP contribution in [0.2, 0.25) is 0 Å². The molecule has 2 heterocycles. The zero-order valence-corrected chi connectivity index (χ0v) is 15.7. The molecule has 5 N–H and O–H groups in total. The van der Waals surface area contributed by atoms with Crippen molar-refractivity contribution in [1.29, 1.82) is 0 Å². The molecular formula is C17H18FN7O2S. The van der Waals surface area contributed by atoms with Gasteiger partial charge in [0, 0.05) is 25.2 Å². The van der Waals surface area contributed by atoms with Gasteiger partial charge < -0.3 is 16.0 Å². The fourth-order valence-corrected chi connectivity index (χ4v) is 3.10. The first-order valence-electron chi connectivity index (χ1n) is 8.21. The van der Waals surface area contributed by atoms with Crippen LogP contribution in [0.5, 0.6) is 0 Å². The summed E-state index contributed by atoms with van der Waals surface area (Å²) < 4.78 is 13.1. The molecule has 2 aromatic heterocycles. The molecule has 0 saturated heterocycles. The predicted molar refractivity (Wildman–Crippen MR) is 103 cm³/mol. The summed E-state index contributed by atoms with van der Waals surface area (Å²) in [5, 5.41) is 13.6. The Morgan fingerprint density at radius 2 is 2.21 bits per heavy atom. The minimum absolute atomic E-state index is 0.132. The number of nitrogens with two attached hydrogens (primary N) is 1. The summed E-state index contributed by atoms with van der Waals surface area (Å²) >= 11 is 1.23. The van der Waals surface area contributed by atoms with Crippen molar-refractivity contribution in [2.45, 2.75) is 13.1 Å². The van der Waals surface area contributed by atoms with Gasteiger partial charge in [0.15, 0.2) is 10.9 Å². The molecule has 0 unspecified atom stereocenters. The van der Waals surface area contributed by atoms with E-state index in [-0.39, 0.29) is 36.2 Å². The van der Waals surface area contributed by atoms with E-state index in [9.17, 15) is 14.0 Å². The van der Waals surface area contributed by atoms with Gasteiger partial charge in [0.25, 0.3) is 5.91 Å². The van der Waals surface area contributed by atoms with Gasteiger partial charge >= 0.3 is 6.03 Å². The number of amides is 3. The van der Waals surface area contributed by atoms with Crippen LogP contribution in [-0.4, -0.2) is 39.1 Å². The number of H-pyrrole nitrogens is 1. The van der Waals surface area contributed by atoms with Gasteiger partial charge in [-0.3, -0.25) is 15.2 Å². The monoisotopic (exact) mass is 403 g/mol. The first kappa shape index (κ1) is 19.3. The summed E-state index contributed by atoms with van der Waals surface area (Å²) in [7, 11) is 1.62. The Balaban J connectivity index is 1.51. The lowest BCUT2D eigenvalue weighted by Crippen LogP contribution is -2.28. The molecule has 0 fully saturated rings. The number of hydrogen-bond acceptors (Lipinski definition) is 6. The Morgan fingerprint density at radius 1 is 1.39 bits per heavy atom. The molecule has 3 rings (SSSR count). The van der Waals surface area contributed by atoms with E-state index in [4.69, 9.17) is 5.73 Å². The third-order valence-corrected chi connectivity index (χ3v) is 4.57. The van der Waals surface area contributed by atoms with Crippen LogP contribution in [0.1, 0.15) is 21.6 Å². The van der Waals surface area contributed by atoms with Crippen LogP contribution in [-0.2, 0) is 13.1 Å². The lowest BCUT2D eigenvalue weighted by Gasteiger charge is -2.14. The highest BCUT2D eigenvalue weighted by molar-refractivity contribution is 7.13. The Kier molecular flexibility index (Phi) is 5.84. The molecule has 0 radical (unpaired) electrons. The molecule has 11 heteroatoms. The number of carbonyl (C=O) groups is 2. The highest BCUT2D eigenvalue weighted by Crippen LogP contribution is 2.18. The van der Waals surface area contributed by atoms with Gasteiger partial charge in [0.2, 0.25) is 0 Å². The standard InChI is InChI=1S/C17H18FN7O2S/c1-25(15(26)13-7-21-24-14(13)19)8-12-9-28-17(22-12)23-16(27)20-6-10-3-2-4-11(18)5-10/h2-5,7,9H,6,8H2,1H3,(H3,19,21,24)(H2,20,22,23,27). The number of aromatic nitrogens is 3. The van der Waals surface area contributed by atoms with Gasteiger partial charge in [0.05, 0.1) is 12.2 Å². The summed E-state index contributed by atoms with van der Waals surface area (Å²) in [4.78, 5) is 30.0. The molecule has 0 bridgehead atoms. The third kappa shape index (κ3) is 4.82. The van der Waals surface area contributed by atoms with E-state index in [1.165, 1.54) is 34.6 Å². The summed E-state index contributed by atoms with van der Waals surface area (Å²) in [6.07, 6.45) is 1.44. The smallest absolute Gasteiger partial charge is 0.321 e. The average Bonchev–Trinajstić information content (AvgIpc) is 3.28. The van der Waals surface area contributed by atoms with Crippen LogP contribution < -0.4 is 16.4 Å². The summed E-state index contributed by atoms with van der Waals surface area (Å²) in [5.41, 5.74) is 7.18. The van der Waals surface area contributed by atoms with E-state index in [2.05, 4.69) is 25.8 Å². The number of benzene rings is 1. The number of anilines is 2. The second kappa shape index (κ2) is 8.48. The van der Waals surface area contributed by atoms with E-state index < -0.39 is 6.03 Å². The molecule has 0 aliphatic rings. The maximum absolute atomic E-state index is 13.1.